The SMILES string of the molecule is COCc1cnc(C(=O)Nc2ccc(F)c(C3(C(F)F)COCC(N)=N3)c2)c(Cl)c1. The summed E-state index contributed by atoms with van der Waals surface area (Å²) < 4.78 is 52.3. The topological polar surface area (TPSA) is 98.8 Å². The van der Waals surface area contributed by atoms with Crippen LogP contribution in [0, 0.1) is 5.82 Å². The Balaban J connectivity index is 1.92. The van der Waals surface area contributed by atoms with Crippen LogP contribution in [0.4, 0.5) is 18.9 Å². The Morgan fingerprint density at radius 3 is 2.83 bits per heavy atom. The van der Waals surface area contributed by atoms with Crippen LogP contribution in [0.15, 0.2) is 35.5 Å². The molecular weight excluding hydrogens is 425 g/mol. The molecule has 7 nitrogen and oxygen atoms in total. The number of aliphatic imine (C=N–C) groups is 1. The molecular formula is C19H18ClF3N4O3. The number of aromatic nitrogens is 1. The number of ether oxygens (including phenoxy) is 2. The first-order valence-corrected chi connectivity index (χ1v) is 9.09. The fourth-order valence-electron chi connectivity index (χ4n) is 3.01. The number of amidine groups is 1. The number of alkyl halides is 2. The van der Waals surface area contributed by atoms with Gasteiger partial charge in [0.1, 0.15) is 24.0 Å². The molecule has 0 spiro atoms. The first-order valence-electron chi connectivity index (χ1n) is 8.71. The number of benzene rings is 1. The molecule has 0 saturated heterocycles. The average molecular weight is 443 g/mol. The van der Waals surface area contributed by atoms with Gasteiger partial charge in [0, 0.05) is 24.6 Å². The van der Waals surface area contributed by atoms with Gasteiger partial charge in [-0.1, -0.05) is 11.6 Å². The van der Waals surface area contributed by atoms with Crippen LogP contribution in [-0.2, 0) is 21.6 Å². The third-order valence-corrected chi connectivity index (χ3v) is 4.68. The molecule has 0 radical (unpaired) electrons. The summed E-state index contributed by atoms with van der Waals surface area (Å²) in [5, 5.41) is 2.55. The number of nitrogens with one attached hydrogen (secondary N) is 1. The Morgan fingerprint density at radius 1 is 1.43 bits per heavy atom. The van der Waals surface area contributed by atoms with Gasteiger partial charge in [0.05, 0.1) is 18.2 Å². The summed E-state index contributed by atoms with van der Waals surface area (Å²) in [4.78, 5) is 20.3. The van der Waals surface area contributed by atoms with Crippen molar-refractivity contribution in [3.63, 3.8) is 0 Å². The van der Waals surface area contributed by atoms with Gasteiger partial charge in [-0.15, -0.1) is 0 Å². The zero-order valence-corrected chi connectivity index (χ0v) is 16.5. The molecule has 3 rings (SSSR count). The van der Waals surface area contributed by atoms with Crippen LogP contribution >= 0.6 is 11.6 Å². The standard InChI is InChI=1S/C19H18ClF3N4O3/c1-29-7-10-4-13(20)16(25-6-10)17(28)26-11-2-3-14(21)12(5-11)19(18(22)23)9-30-8-15(24)27-19/h2-6,18H,7-9H2,1H3,(H2,24,27)(H,26,28). The van der Waals surface area contributed by atoms with E-state index in [9.17, 15) is 18.0 Å². The number of amides is 1. The largest absolute Gasteiger partial charge is 0.385 e. The molecule has 2 aromatic rings. The van der Waals surface area contributed by atoms with E-state index in [4.69, 9.17) is 26.8 Å². The highest BCUT2D eigenvalue weighted by molar-refractivity contribution is 6.34. The van der Waals surface area contributed by atoms with Gasteiger partial charge in [-0.3, -0.25) is 9.79 Å². The maximum atomic E-state index is 14.5. The molecule has 0 saturated carbocycles. The molecule has 1 aliphatic rings. The summed E-state index contributed by atoms with van der Waals surface area (Å²) in [6.07, 6.45) is -1.68. The average Bonchev–Trinajstić information content (AvgIpc) is 2.69. The maximum Gasteiger partial charge on any atom is 0.275 e. The summed E-state index contributed by atoms with van der Waals surface area (Å²) >= 11 is 6.10. The number of rotatable bonds is 6. The number of methoxy groups -OCH3 is 1. The molecule has 0 fully saturated rings. The van der Waals surface area contributed by atoms with Gasteiger partial charge in [-0.05, 0) is 29.8 Å². The lowest BCUT2D eigenvalue weighted by atomic mass is 9.90. The fraction of sp³-hybridized carbons (Fsp3) is 0.316. The van der Waals surface area contributed by atoms with E-state index in [1.54, 1.807) is 0 Å². The molecule has 0 bridgehead atoms. The van der Waals surface area contributed by atoms with Crippen LogP contribution in [0.25, 0.3) is 0 Å². The highest BCUT2D eigenvalue weighted by atomic mass is 35.5. The molecule has 1 atom stereocenters. The Labute approximate surface area is 175 Å². The minimum absolute atomic E-state index is 0.0506. The van der Waals surface area contributed by atoms with Crippen molar-refractivity contribution < 1.29 is 27.4 Å². The second-order valence-electron chi connectivity index (χ2n) is 6.58. The molecule has 160 valence electrons. The minimum Gasteiger partial charge on any atom is -0.385 e. The molecule has 1 aromatic carbocycles. The van der Waals surface area contributed by atoms with Crippen molar-refractivity contribution in [2.75, 3.05) is 25.6 Å². The summed E-state index contributed by atoms with van der Waals surface area (Å²) in [5.41, 5.74) is 3.41. The van der Waals surface area contributed by atoms with Gasteiger partial charge in [-0.2, -0.15) is 0 Å². The number of anilines is 1. The lowest BCUT2D eigenvalue weighted by Crippen LogP contribution is -2.45. The van der Waals surface area contributed by atoms with Crippen LogP contribution in [0.1, 0.15) is 21.6 Å². The van der Waals surface area contributed by atoms with E-state index in [1.807, 2.05) is 0 Å². The number of hydrogen-bond acceptors (Lipinski definition) is 6. The first kappa shape index (κ1) is 22.0. The predicted molar refractivity (Wildman–Crippen MR) is 104 cm³/mol. The Kier molecular flexibility index (Phi) is 6.59. The molecule has 30 heavy (non-hydrogen) atoms. The zero-order valence-electron chi connectivity index (χ0n) is 15.8. The lowest BCUT2D eigenvalue weighted by molar-refractivity contribution is -0.0145. The Bertz CT molecular complexity index is 989. The number of halogens is 4. The van der Waals surface area contributed by atoms with Crippen LogP contribution in [0.5, 0.6) is 0 Å². The van der Waals surface area contributed by atoms with Crippen molar-refractivity contribution in [2.24, 2.45) is 10.7 Å². The quantitative estimate of drug-likeness (QED) is 0.716. The number of nitrogens with zero attached hydrogens (tertiary/aromatic N) is 2. The van der Waals surface area contributed by atoms with E-state index in [1.165, 1.54) is 25.4 Å². The molecule has 1 amide bonds. The van der Waals surface area contributed by atoms with Crippen molar-refractivity contribution in [3.8, 4) is 0 Å². The Hall–Kier alpha value is -2.69. The van der Waals surface area contributed by atoms with Crippen LogP contribution in [0.3, 0.4) is 0 Å². The van der Waals surface area contributed by atoms with E-state index in [0.717, 1.165) is 12.1 Å². The lowest BCUT2D eigenvalue weighted by Gasteiger charge is -2.33. The second-order valence-corrected chi connectivity index (χ2v) is 6.98. The normalized spacial score (nSPS) is 18.9. The highest BCUT2D eigenvalue weighted by Gasteiger charge is 2.46. The Morgan fingerprint density at radius 2 is 2.20 bits per heavy atom. The van der Waals surface area contributed by atoms with Gasteiger partial charge >= 0.3 is 0 Å². The summed E-state index contributed by atoms with van der Waals surface area (Å²) in [6, 6.07) is 4.76. The van der Waals surface area contributed by atoms with E-state index < -0.39 is 35.9 Å². The van der Waals surface area contributed by atoms with Crippen molar-refractivity contribution in [1.82, 2.24) is 4.98 Å². The predicted octanol–water partition coefficient (Wildman–Crippen LogP) is 3.12. The zero-order chi connectivity index (χ0) is 21.9. The number of carbonyl (C=O) groups excluding carboxylic acids is 1. The number of pyridine rings is 1. The third kappa shape index (κ3) is 4.40. The summed E-state index contributed by atoms with van der Waals surface area (Å²) in [7, 11) is 1.50. The minimum atomic E-state index is -3.10. The summed E-state index contributed by atoms with van der Waals surface area (Å²) in [6.45, 7) is -0.429. The van der Waals surface area contributed by atoms with Crippen molar-refractivity contribution in [2.45, 2.75) is 18.6 Å². The van der Waals surface area contributed by atoms with E-state index in [0.29, 0.717) is 5.56 Å². The first-order chi connectivity index (χ1) is 14.3. The van der Waals surface area contributed by atoms with Gasteiger partial charge in [0.15, 0.2) is 5.54 Å². The summed E-state index contributed by atoms with van der Waals surface area (Å²) in [5.74, 6) is -1.81. The van der Waals surface area contributed by atoms with Gasteiger partial charge in [0.2, 0.25) is 0 Å². The van der Waals surface area contributed by atoms with Gasteiger partial charge in [0.25, 0.3) is 12.3 Å². The number of nitrogens with two attached hydrogens (primary N) is 1. The van der Waals surface area contributed by atoms with Crippen molar-refractivity contribution >= 4 is 29.0 Å². The molecule has 0 aliphatic carbocycles. The van der Waals surface area contributed by atoms with E-state index in [-0.39, 0.29) is 35.5 Å². The van der Waals surface area contributed by atoms with Crippen LogP contribution in [0.2, 0.25) is 5.02 Å². The smallest absolute Gasteiger partial charge is 0.275 e. The van der Waals surface area contributed by atoms with E-state index >= 15 is 0 Å². The second kappa shape index (κ2) is 8.99. The molecule has 3 N–H and O–H groups in total. The molecule has 11 heteroatoms. The van der Waals surface area contributed by atoms with Crippen molar-refractivity contribution in [3.05, 3.63) is 58.1 Å². The number of carbonyl (C=O) groups is 1. The van der Waals surface area contributed by atoms with Crippen LogP contribution in [-0.4, -0.2) is 43.5 Å². The molecule has 1 aliphatic heterocycles. The van der Waals surface area contributed by atoms with E-state index in [2.05, 4.69) is 15.3 Å². The number of hydrogen-bond donors (Lipinski definition) is 2. The molecule has 2 heterocycles. The monoisotopic (exact) mass is 442 g/mol. The van der Waals surface area contributed by atoms with Gasteiger partial charge < -0.3 is 20.5 Å². The molecule has 1 aromatic heterocycles. The highest BCUT2D eigenvalue weighted by Crippen LogP contribution is 2.38. The maximum absolute atomic E-state index is 14.5. The third-order valence-electron chi connectivity index (χ3n) is 4.39. The fourth-order valence-corrected chi connectivity index (χ4v) is 3.29. The van der Waals surface area contributed by atoms with Gasteiger partial charge in [-0.25, -0.2) is 18.2 Å². The van der Waals surface area contributed by atoms with Crippen molar-refractivity contribution in [1.29, 1.82) is 0 Å². The molecule has 1 unspecified atom stereocenters. The van der Waals surface area contributed by atoms with Crippen LogP contribution < -0.4 is 11.1 Å².